The van der Waals surface area contributed by atoms with Gasteiger partial charge in [-0.3, -0.25) is 4.79 Å². The monoisotopic (exact) mass is 274 g/mol. The molecule has 3 nitrogen and oxygen atoms in total. The molecule has 2 aromatic rings. The molecule has 2 N–H and O–H groups in total. The standard InChI is InChI=1S/C15H18N2OS/c1-11(9-12-7-8-19-10-12)17-15(18)13-5-3-4-6-14(13)16-2/h3-8,10-11,16H,9H2,1-2H3,(H,17,18). The Balaban J connectivity index is 2.00. The number of rotatable bonds is 5. The van der Waals surface area contributed by atoms with Crippen molar-refractivity contribution in [3.8, 4) is 0 Å². The molecule has 0 saturated heterocycles. The van der Waals surface area contributed by atoms with Gasteiger partial charge in [0.1, 0.15) is 0 Å². The van der Waals surface area contributed by atoms with E-state index >= 15 is 0 Å². The molecule has 0 saturated carbocycles. The summed E-state index contributed by atoms with van der Waals surface area (Å²) in [5.41, 5.74) is 2.80. The van der Waals surface area contributed by atoms with Crippen molar-refractivity contribution in [2.45, 2.75) is 19.4 Å². The number of benzene rings is 1. The van der Waals surface area contributed by atoms with Crippen molar-refractivity contribution < 1.29 is 4.79 Å². The van der Waals surface area contributed by atoms with E-state index in [-0.39, 0.29) is 11.9 Å². The van der Waals surface area contributed by atoms with Gasteiger partial charge in [0.05, 0.1) is 5.56 Å². The number of carbonyl (C=O) groups excluding carboxylic acids is 1. The molecule has 0 aliphatic rings. The first kappa shape index (κ1) is 13.6. The third-order valence-electron chi connectivity index (χ3n) is 2.94. The molecule has 0 fully saturated rings. The molecule has 0 radical (unpaired) electrons. The lowest BCUT2D eigenvalue weighted by Crippen LogP contribution is -2.34. The zero-order valence-electron chi connectivity index (χ0n) is 11.1. The van der Waals surface area contributed by atoms with Gasteiger partial charge in [-0.05, 0) is 47.9 Å². The summed E-state index contributed by atoms with van der Waals surface area (Å²) in [5, 5.41) is 10.2. The van der Waals surface area contributed by atoms with E-state index in [1.165, 1.54) is 5.56 Å². The summed E-state index contributed by atoms with van der Waals surface area (Å²) in [6.45, 7) is 2.03. The van der Waals surface area contributed by atoms with Gasteiger partial charge in [-0.25, -0.2) is 0 Å². The van der Waals surface area contributed by atoms with Crippen LogP contribution in [0.5, 0.6) is 0 Å². The Morgan fingerprint density at radius 1 is 1.32 bits per heavy atom. The van der Waals surface area contributed by atoms with Crippen LogP contribution < -0.4 is 10.6 Å². The molecule has 0 spiro atoms. The zero-order chi connectivity index (χ0) is 13.7. The summed E-state index contributed by atoms with van der Waals surface area (Å²) in [5.74, 6) is -0.0346. The molecule has 0 aliphatic heterocycles. The Labute approximate surface area is 117 Å². The lowest BCUT2D eigenvalue weighted by atomic mass is 10.1. The van der Waals surface area contributed by atoms with Crippen molar-refractivity contribution in [3.05, 3.63) is 52.2 Å². The number of amides is 1. The van der Waals surface area contributed by atoms with E-state index in [0.717, 1.165) is 12.1 Å². The maximum atomic E-state index is 12.2. The van der Waals surface area contributed by atoms with Crippen molar-refractivity contribution in [2.24, 2.45) is 0 Å². The first-order valence-corrected chi connectivity index (χ1v) is 7.23. The fourth-order valence-electron chi connectivity index (χ4n) is 2.01. The first-order chi connectivity index (χ1) is 9.20. The second-order valence-electron chi connectivity index (χ2n) is 4.51. The topological polar surface area (TPSA) is 41.1 Å². The number of anilines is 1. The van der Waals surface area contributed by atoms with E-state index in [2.05, 4.69) is 27.5 Å². The van der Waals surface area contributed by atoms with Crippen LogP contribution in [0.15, 0.2) is 41.1 Å². The molecule has 1 amide bonds. The third kappa shape index (κ3) is 3.58. The molecule has 4 heteroatoms. The number of carbonyl (C=O) groups is 1. The van der Waals surface area contributed by atoms with Crippen molar-refractivity contribution in [2.75, 3.05) is 12.4 Å². The van der Waals surface area contributed by atoms with Crippen LogP contribution in [-0.4, -0.2) is 19.0 Å². The maximum absolute atomic E-state index is 12.2. The van der Waals surface area contributed by atoms with Gasteiger partial charge in [-0.1, -0.05) is 12.1 Å². The molecule has 1 aromatic carbocycles. The molecule has 1 atom stereocenters. The van der Waals surface area contributed by atoms with E-state index in [4.69, 9.17) is 0 Å². The highest BCUT2D eigenvalue weighted by Crippen LogP contribution is 2.14. The van der Waals surface area contributed by atoms with E-state index in [1.807, 2.05) is 38.2 Å². The second kappa shape index (κ2) is 6.38. The van der Waals surface area contributed by atoms with Crippen LogP contribution in [0.3, 0.4) is 0 Å². The van der Waals surface area contributed by atoms with Gasteiger partial charge < -0.3 is 10.6 Å². The van der Waals surface area contributed by atoms with Crippen LogP contribution in [-0.2, 0) is 6.42 Å². The largest absolute Gasteiger partial charge is 0.387 e. The van der Waals surface area contributed by atoms with E-state index in [0.29, 0.717) is 5.56 Å². The summed E-state index contributed by atoms with van der Waals surface area (Å²) < 4.78 is 0. The number of nitrogens with one attached hydrogen (secondary N) is 2. The summed E-state index contributed by atoms with van der Waals surface area (Å²) >= 11 is 1.68. The van der Waals surface area contributed by atoms with Gasteiger partial charge in [0.25, 0.3) is 5.91 Å². The van der Waals surface area contributed by atoms with Crippen LogP contribution in [0, 0.1) is 0 Å². The summed E-state index contributed by atoms with van der Waals surface area (Å²) in [6.07, 6.45) is 0.858. The smallest absolute Gasteiger partial charge is 0.253 e. The van der Waals surface area contributed by atoms with Gasteiger partial charge >= 0.3 is 0 Å². The maximum Gasteiger partial charge on any atom is 0.253 e. The number of hydrogen-bond donors (Lipinski definition) is 2. The second-order valence-corrected chi connectivity index (χ2v) is 5.29. The minimum Gasteiger partial charge on any atom is -0.387 e. The van der Waals surface area contributed by atoms with E-state index < -0.39 is 0 Å². The first-order valence-electron chi connectivity index (χ1n) is 6.29. The lowest BCUT2D eigenvalue weighted by molar-refractivity contribution is 0.0941. The van der Waals surface area contributed by atoms with Gasteiger partial charge in [-0.15, -0.1) is 0 Å². The van der Waals surface area contributed by atoms with E-state index in [1.54, 1.807) is 11.3 Å². The van der Waals surface area contributed by atoms with Gasteiger partial charge in [0.15, 0.2) is 0 Å². The minimum atomic E-state index is -0.0346. The zero-order valence-corrected chi connectivity index (χ0v) is 12.0. The molecule has 0 bridgehead atoms. The molecule has 1 unspecified atom stereocenters. The Hall–Kier alpha value is -1.81. The number of para-hydroxylation sites is 1. The number of hydrogen-bond acceptors (Lipinski definition) is 3. The van der Waals surface area contributed by atoms with Crippen LogP contribution in [0.25, 0.3) is 0 Å². The van der Waals surface area contributed by atoms with Crippen molar-refractivity contribution in [1.29, 1.82) is 0 Å². The Bertz CT molecular complexity index is 537. The van der Waals surface area contributed by atoms with Gasteiger partial charge in [0.2, 0.25) is 0 Å². The molecular weight excluding hydrogens is 256 g/mol. The molecule has 100 valence electrons. The number of thiophene rings is 1. The lowest BCUT2D eigenvalue weighted by Gasteiger charge is -2.15. The molecule has 1 aromatic heterocycles. The summed E-state index contributed by atoms with van der Waals surface area (Å²) in [6, 6.07) is 9.73. The molecule has 2 rings (SSSR count). The Morgan fingerprint density at radius 3 is 2.79 bits per heavy atom. The van der Waals surface area contributed by atoms with Crippen LogP contribution in [0.2, 0.25) is 0 Å². The summed E-state index contributed by atoms with van der Waals surface area (Å²) in [7, 11) is 1.82. The van der Waals surface area contributed by atoms with Gasteiger partial charge in [-0.2, -0.15) is 11.3 Å². The summed E-state index contributed by atoms with van der Waals surface area (Å²) in [4.78, 5) is 12.2. The average molecular weight is 274 g/mol. The quantitative estimate of drug-likeness (QED) is 0.879. The van der Waals surface area contributed by atoms with E-state index in [9.17, 15) is 4.79 Å². The molecule has 0 aliphatic carbocycles. The Morgan fingerprint density at radius 2 is 2.11 bits per heavy atom. The van der Waals surface area contributed by atoms with Crippen molar-refractivity contribution in [1.82, 2.24) is 5.32 Å². The normalized spacial score (nSPS) is 11.9. The van der Waals surface area contributed by atoms with Crippen LogP contribution >= 0.6 is 11.3 Å². The fraction of sp³-hybridized carbons (Fsp3) is 0.267. The molecular formula is C15H18N2OS. The highest BCUT2D eigenvalue weighted by molar-refractivity contribution is 7.07. The predicted octanol–water partition coefficient (Wildman–Crippen LogP) is 3.15. The highest BCUT2D eigenvalue weighted by atomic mass is 32.1. The fourth-order valence-corrected chi connectivity index (χ4v) is 2.70. The van der Waals surface area contributed by atoms with Crippen molar-refractivity contribution in [3.63, 3.8) is 0 Å². The Kier molecular flexibility index (Phi) is 4.58. The predicted molar refractivity (Wildman–Crippen MR) is 80.9 cm³/mol. The van der Waals surface area contributed by atoms with Crippen LogP contribution in [0.1, 0.15) is 22.8 Å². The SMILES string of the molecule is CNc1ccccc1C(=O)NC(C)Cc1ccsc1. The van der Waals surface area contributed by atoms with Gasteiger partial charge in [0, 0.05) is 18.8 Å². The molecule has 1 heterocycles. The highest BCUT2D eigenvalue weighted by Gasteiger charge is 2.13. The molecule has 19 heavy (non-hydrogen) atoms. The minimum absolute atomic E-state index is 0.0346. The van der Waals surface area contributed by atoms with Crippen molar-refractivity contribution >= 4 is 22.9 Å². The van der Waals surface area contributed by atoms with Crippen LogP contribution in [0.4, 0.5) is 5.69 Å². The average Bonchev–Trinajstić information content (AvgIpc) is 2.91. The third-order valence-corrected chi connectivity index (χ3v) is 3.67.